The highest BCUT2D eigenvalue weighted by Crippen LogP contribution is 2.68. The summed E-state index contributed by atoms with van der Waals surface area (Å²) in [5, 5.41) is 0.768. The maximum atomic E-state index is 13.8. The van der Waals surface area contributed by atoms with Gasteiger partial charge in [0.2, 0.25) is 11.8 Å². The molecule has 3 aromatic rings. The number of H-pyrrole nitrogens is 1. The van der Waals surface area contributed by atoms with Crippen LogP contribution in [0.4, 0.5) is 18.9 Å². The highest BCUT2D eigenvalue weighted by atomic mass is 79.9. The molecule has 1 aromatic heterocycles. The number of nitrogens with zero attached hydrogens (tertiary/aromatic N) is 1. The summed E-state index contributed by atoms with van der Waals surface area (Å²) < 4.78 is 42.3. The molecule has 7 rings (SSSR count). The van der Waals surface area contributed by atoms with Gasteiger partial charge in [-0.25, -0.2) is 4.90 Å². The van der Waals surface area contributed by atoms with Crippen LogP contribution in [0.1, 0.15) is 28.3 Å². The van der Waals surface area contributed by atoms with Crippen LogP contribution in [0, 0.1) is 29.6 Å². The fraction of sp³-hybridized carbons (Fsp3) is 0.346. The maximum Gasteiger partial charge on any atom is 0.418 e. The van der Waals surface area contributed by atoms with E-state index in [1.54, 1.807) is 11.8 Å². The topological polar surface area (TPSA) is 70.2 Å². The highest BCUT2D eigenvalue weighted by Gasteiger charge is 2.70. The van der Waals surface area contributed by atoms with Crippen LogP contribution in [0.25, 0.3) is 0 Å². The van der Waals surface area contributed by atoms with Crippen LogP contribution in [0.5, 0.6) is 0 Å². The molecule has 2 saturated carbocycles. The predicted molar refractivity (Wildman–Crippen MR) is 137 cm³/mol. The van der Waals surface area contributed by atoms with Crippen molar-refractivity contribution in [3.05, 3.63) is 78.7 Å². The molecule has 0 spiro atoms. The summed E-state index contributed by atoms with van der Waals surface area (Å²) in [6.45, 7) is 0. The molecule has 5 nitrogen and oxygen atoms in total. The molecule has 190 valence electrons. The van der Waals surface area contributed by atoms with Gasteiger partial charge in [-0.1, -0.05) is 51.5 Å². The van der Waals surface area contributed by atoms with Gasteiger partial charge in [0.1, 0.15) is 0 Å². The largest absolute Gasteiger partial charge is 0.418 e. The zero-order valence-corrected chi connectivity index (χ0v) is 22.1. The van der Waals surface area contributed by atoms with Gasteiger partial charge in [0.25, 0.3) is 0 Å². The normalized spacial score (nSPS) is 32.0. The monoisotopic (exact) mass is 606 g/mol. The number of aromatic amines is 1. The van der Waals surface area contributed by atoms with E-state index in [0.29, 0.717) is 6.42 Å². The van der Waals surface area contributed by atoms with Crippen molar-refractivity contribution in [1.82, 2.24) is 4.98 Å². The van der Waals surface area contributed by atoms with Crippen LogP contribution in [0.3, 0.4) is 0 Å². The van der Waals surface area contributed by atoms with Crippen molar-refractivity contribution in [2.24, 2.45) is 29.6 Å². The maximum absolute atomic E-state index is 13.8. The highest BCUT2D eigenvalue weighted by molar-refractivity contribution is 9.10. The van der Waals surface area contributed by atoms with Crippen molar-refractivity contribution in [3.8, 4) is 0 Å². The first-order valence-electron chi connectivity index (χ1n) is 11.8. The number of nitrogens with one attached hydrogen (secondary N) is 1. The number of halogens is 4. The van der Waals surface area contributed by atoms with E-state index in [1.165, 1.54) is 29.5 Å². The van der Waals surface area contributed by atoms with Crippen LogP contribution < -0.4 is 9.77 Å². The van der Waals surface area contributed by atoms with Gasteiger partial charge in [0.15, 0.2) is 0 Å². The number of rotatable bonds is 2. The average Bonchev–Trinajstić information content (AvgIpc) is 3.57. The number of carbonyl (C=O) groups excluding carboxylic acids is 2. The molecule has 1 saturated heterocycles. The van der Waals surface area contributed by atoms with Gasteiger partial charge in [-0.05, 0) is 54.0 Å². The smallest absolute Gasteiger partial charge is 0.307 e. The van der Waals surface area contributed by atoms with E-state index in [9.17, 15) is 27.6 Å². The first-order valence-corrected chi connectivity index (χ1v) is 14.3. The molecule has 0 radical (unpaired) electrons. The lowest BCUT2D eigenvalue weighted by Gasteiger charge is -2.43. The van der Waals surface area contributed by atoms with Crippen molar-refractivity contribution in [3.63, 3.8) is 0 Å². The predicted octanol–water partition coefficient (Wildman–Crippen LogP) is 5.90. The van der Waals surface area contributed by atoms with Gasteiger partial charge in [-0.3, -0.25) is 14.4 Å². The van der Waals surface area contributed by atoms with Gasteiger partial charge >= 0.3 is 11.0 Å². The molecule has 3 heterocycles. The molecule has 11 heteroatoms. The molecule has 2 aliphatic carbocycles. The van der Waals surface area contributed by atoms with Gasteiger partial charge in [-0.15, -0.1) is 11.8 Å². The Balaban J connectivity index is 1.33. The second-order valence-corrected chi connectivity index (χ2v) is 13.2. The molecule has 7 atom stereocenters. The number of amides is 2. The van der Waals surface area contributed by atoms with Gasteiger partial charge in [-0.2, -0.15) is 13.2 Å². The van der Waals surface area contributed by atoms with E-state index < -0.39 is 35.4 Å². The molecular weight excluding hydrogens is 589 g/mol. The third-order valence-electron chi connectivity index (χ3n) is 8.38. The number of imide groups is 1. The quantitative estimate of drug-likeness (QED) is 0.369. The molecule has 2 aromatic carbocycles. The summed E-state index contributed by atoms with van der Waals surface area (Å²) in [4.78, 5) is 44.3. The summed E-state index contributed by atoms with van der Waals surface area (Å²) in [6, 6.07) is 12.7. The molecule has 2 amide bonds. The number of para-hydroxylation sites is 1. The second-order valence-electron chi connectivity index (χ2n) is 10.0. The first kappa shape index (κ1) is 23.7. The first-order chi connectivity index (χ1) is 17.6. The Morgan fingerprint density at radius 3 is 2.43 bits per heavy atom. The van der Waals surface area contributed by atoms with E-state index in [4.69, 9.17) is 0 Å². The number of benzene rings is 2. The molecule has 4 aliphatic rings. The van der Waals surface area contributed by atoms with Crippen molar-refractivity contribution in [2.45, 2.75) is 28.8 Å². The van der Waals surface area contributed by atoms with Gasteiger partial charge in [0, 0.05) is 20.5 Å². The second kappa shape index (κ2) is 8.07. The van der Waals surface area contributed by atoms with E-state index in [2.05, 4.69) is 20.9 Å². The fourth-order valence-corrected chi connectivity index (χ4v) is 10.5. The Labute approximate surface area is 225 Å². The number of hydrogen-bond donors (Lipinski definition) is 1. The standard InChI is InChI=1S/C26H18BrF3N2O3S2/c27-11-5-3-4-10(8-11)16-17-12-9-13(20(17)36-22-21(16)37-25(35)31-22)19-18(12)23(33)32(24(19)34)15-7-2-1-6-14(15)26(28,29)30/h1-8,12-13,16-20H,9H2,(H,31,35)/t12-,13-,16?,17?,18?,19?,20?/m1/s1. The van der Waals surface area contributed by atoms with Crippen molar-refractivity contribution >= 4 is 56.5 Å². The third kappa shape index (κ3) is 3.32. The number of aromatic nitrogens is 1. The van der Waals surface area contributed by atoms with Crippen molar-refractivity contribution < 1.29 is 22.8 Å². The minimum atomic E-state index is -4.69. The van der Waals surface area contributed by atoms with Crippen LogP contribution >= 0.6 is 39.0 Å². The molecule has 37 heavy (non-hydrogen) atoms. The number of carbonyl (C=O) groups is 2. The van der Waals surface area contributed by atoms with E-state index >= 15 is 0 Å². The van der Waals surface area contributed by atoms with Crippen LogP contribution in [-0.2, 0) is 15.8 Å². The Morgan fingerprint density at radius 1 is 0.973 bits per heavy atom. The van der Waals surface area contributed by atoms with Crippen LogP contribution in [-0.4, -0.2) is 22.0 Å². The Hall–Kier alpha value is -2.37. The number of anilines is 1. The third-order valence-corrected chi connectivity index (χ3v) is 11.5. The number of thioether (sulfide) groups is 1. The lowest BCUT2D eigenvalue weighted by molar-refractivity contribution is -0.137. The zero-order valence-electron chi connectivity index (χ0n) is 18.9. The van der Waals surface area contributed by atoms with Crippen LogP contribution in [0.15, 0.2) is 62.8 Å². The average molecular weight is 607 g/mol. The molecule has 3 fully saturated rings. The Morgan fingerprint density at radius 2 is 1.70 bits per heavy atom. The molecule has 5 unspecified atom stereocenters. The number of alkyl halides is 3. The SMILES string of the molecule is O=C1C2C(C(=O)N1c1ccccc1C(F)(F)F)[C@@H]1C[C@H]2C2Sc3[nH]c(=O)sc3C(c3cccc(Br)c3)C21. The Bertz CT molecular complexity index is 1540. The summed E-state index contributed by atoms with van der Waals surface area (Å²) >= 11 is 6.26. The molecule has 2 bridgehead atoms. The summed E-state index contributed by atoms with van der Waals surface area (Å²) in [5.74, 6) is -2.87. The lowest BCUT2D eigenvalue weighted by atomic mass is 9.68. The zero-order chi connectivity index (χ0) is 25.8. The van der Waals surface area contributed by atoms with Gasteiger partial charge < -0.3 is 4.98 Å². The summed E-state index contributed by atoms with van der Waals surface area (Å²) in [5.41, 5.74) is -0.356. The molecular formula is C26H18BrF3N2O3S2. The number of hydrogen-bond acceptors (Lipinski definition) is 5. The van der Waals surface area contributed by atoms with Gasteiger partial charge in [0.05, 0.1) is 28.1 Å². The minimum Gasteiger partial charge on any atom is -0.307 e. The van der Waals surface area contributed by atoms with E-state index in [-0.39, 0.29) is 39.5 Å². The van der Waals surface area contributed by atoms with E-state index in [1.807, 2.05) is 24.3 Å². The van der Waals surface area contributed by atoms with Crippen LogP contribution in [0.2, 0.25) is 0 Å². The number of thiazole rings is 1. The molecule has 2 aliphatic heterocycles. The fourth-order valence-electron chi connectivity index (χ4n) is 7.24. The molecule has 1 N–H and O–H groups in total. The Kier molecular flexibility index (Phi) is 5.17. The summed E-state index contributed by atoms with van der Waals surface area (Å²) in [7, 11) is 0. The van der Waals surface area contributed by atoms with Crippen molar-refractivity contribution in [1.29, 1.82) is 0 Å². The van der Waals surface area contributed by atoms with Crippen molar-refractivity contribution in [2.75, 3.05) is 4.90 Å². The van der Waals surface area contributed by atoms with E-state index in [0.717, 1.165) is 30.9 Å². The lowest BCUT2D eigenvalue weighted by Crippen LogP contribution is -2.42. The minimum absolute atomic E-state index is 0.0148. The summed E-state index contributed by atoms with van der Waals surface area (Å²) in [6.07, 6.45) is -4.02. The number of fused-ring (bicyclic) bond motifs is 9.